The van der Waals surface area contributed by atoms with Gasteiger partial charge in [-0.05, 0) is 42.3 Å². The molecule has 7 nitrogen and oxygen atoms in total. The number of hydrogen-bond donors (Lipinski definition) is 1. The monoisotopic (exact) mass is 407 g/mol. The topological polar surface area (TPSA) is 79.0 Å². The molecule has 150 valence electrons. The molecule has 28 heavy (non-hydrogen) atoms. The lowest BCUT2D eigenvalue weighted by Crippen LogP contribution is -2.51. The van der Waals surface area contributed by atoms with Gasteiger partial charge in [-0.25, -0.2) is 4.39 Å². The molecule has 1 aliphatic heterocycles. The van der Waals surface area contributed by atoms with E-state index in [2.05, 4.69) is 5.32 Å². The van der Waals surface area contributed by atoms with E-state index in [1.807, 2.05) is 12.1 Å². The van der Waals surface area contributed by atoms with Crippen LogP contribution >= 0.6 is 0 Å². The molecule has 0 unspecified atom stereocenters. The van der Waals surface area contributed by atoms with E-state index in [9.17, 15) is 17.6 Å². The van der Waals surface area contributed by atoms with Crippen LogP contribution in [0.3, 0.4) is 0 Å². The zero-order valence-electron chi connectivity index (χ0n) is 15.5. The van der Waals surface area contributed by atoms with Crippen molar-refractivity contribution < 1.29 is 22.3 Å². The summed E-state index contributed by atoms with van der Waals surface area (Å²) < 4.78 is 46.6. The van der Waals surface area contributed by atoms with Crippen LogP contribution in [-0.4, -0.2) is 49.7 Å². The van der Waals surface area contributed by atoms with Crippen molar-refractivity contribution in [2.75, 3.05) is 32.1 Å². The highest BCUT2D eigenvalue weighted by Crippen LogP contribution is 2.21. The Morgan fingerprint density at radius 3 is 2.54 bits per heavy atom. The highest BCUT2D eigenvalue weighted by atomic mass is 32.2. The Morgan fingerprint density at radius 2 is 1.86 bits per heavy atom. The average Bonchev–Trinajstić information content (AvgIpc) is 2.66. The number of methoxy groups -OCH3 is 1. The maximum absolute atomic E-state index is 13.2. The highest BCUT2D eigenvalue weighted by Gasteiger charge is 2.34. The summed E-state index contributed by atoms with van der Waals surface area (Å²) in [5.41, 5.74) is 1.12. The molecule has 1 heterocycles. The number of benzene rings is 2. The maximum atomic E-state index is 13.2. The van der Waals surface area contributed by atoms with E-state index in [0.717, 1.165) is 9.87 Å². The van der Waals surface area contributed by atoms with Gasteiger partial charge in [0.15, 0.2) is 0 Å². The summed E-state index contributed by atoms with van der Waals surface area (Å²) in [6.07, 6.45) is 0.614. The number of carbonyl (C=O) groups is 1. The molecule has 0 atom stereocenters. The van der Waals surface area contributed by atoms with Crippen molar-refractivity contribution in [3.05, 3.63) is 59.9 Å². The SMILES string of the molecule is COc1ccc(CN2CCCN(CC(=O)Nc3cccc(F)c3)S2(=O)=O)cc1. The molecule has 0 spiro atoms. The molecule has 2 aromatic carbocycles. The number of rotatable bonds is 6. The summed E-state index contributed by atoms with van der Waals surface area (Å²) in [6, 6.07) is 12.6. The van der Waals surface area contributed by atoms with Crippen LogP contribution in [0.15, 0.2) is 48.5 Å². The summed E-state index contributed by atoms with van der Waals surface area (Å²) in [5, 5.41) is 2.53. The second kappa shape index (κ2) is 8.68. The zero-order chi connectivity index (χ0) is 20.1. The van der Waals surface area contributed by atoms with Crippen LogP contribution < -0.4 is 10.1 Å². The van der Waals surface area contributed by atoms with Crippen molar-refractivity contribution in [2.24, 2.45) is 0 Å². The third-order valence-electron chi connectivity index (χ3n) is 4.41. The average molecular weight is 407 g/mol. The van der Waals surface area contributed by atoms with Crippen molar-refractivity contribution in [2.45, 2.75) is 13.0 Å². The first-order chi connectivity index (χ1) is 13.4. The third kappa shape index (κ3) is 4.86. The number of carbonyl (C=O) groups excluding carboxylic acids is 1. The molecule has 1 N–H and O–H groups in total. The Balaban J connectivity index is 1.65. The van der Waals surface area contributed by atoms with E-state index in [0.29, 0.717) is 18.7 Å². The second-order valence-corrected chi connectivity index (χ2v) is 8.36. The van der Waals surface area contributed by atoms with E-state index in [1.54, 1.807) is 25.3 Å². The van der Waals surface area contributed by atoms with Crippen molar-refractivity contribution >= 4 is 21.8 Å². The van der Waals surface area contributed by atoms with Crippen molar-refractivity contribution in [1.29, 1.82) is 0 Å². The van der Waals surface area contributed by atoms with Crippen LogP contribution in [0, 0.1) is 5.82 Å². The van der Waals surface area contributed by atoms with E-state index >= 15 is 0 Å². The predicted octanol–water partition coefficient (Wildman–Crippen LogP) is 2.23. The molecule has 1 amide bonds. The molecule has 2 aromatic rings. The van der Waals surface area contributed by atoms with E-state index in [-0.39, 0.29) is 25.3 Å². The zero-order valence-corrected chi connectivity index (χ0v) is 16.3. The lowest BCUT2D eigenvalue weighted by molar-refractivity contribution is -0.116. The Morgan fingerprint density at radius 1 is 1.14 bits per heavy atom. The standard InChI is InChI=1S/C19H22FN3O4S/c1-27-18-8-6-15(7-9-18)13-22-10-3-11-23(28(22,25)26)14-19(24)21-17-5-2-4-16(20)12-17/h2,4-9,12H,3,10-11,13-14H2,1H3,(H,21,24). The van der Waals surface area contributed by atoms with Crippen LogP contribution in [0.5, 0.6) is 5.75 Å². The van der Waals surface area contributed by atoms with E-state index in [1.165, 1.54) is 22.5 Å². The molecule has 0 saturated carbocycles. The van der Waals surface area contributed by atoms with Gasteiger partial charge in [-0.3, -0.25) is 4.79 Å². The van der Waals surface area contributed by atoms with Gasteiger partial charge in [0, 0.05) is 25.3 Å². The minimum atomic E-state index is -3.77. The number of amides is 1. The number of anilines is 1. The van der Waals surface area contributed by atoms with Gasteiger partial charge < -0.3 is 10.1 Å². The normalized spacial score (nSPS) is 17.2. The predicted molar refractivity (Wildman–Crippen MR) is 104 cm³/mol. The molecule has 9 heteroatoms. The largest absolute Gasteiger partial charge is 0.497 e. The maximum Gasteiger partial charge on any atom is 0.282 e. The lowest BCUT2D eigenvalue weighted by atomic mass is 10.2. The fourth-order valence-corrected chi connectivity index (χ4v) is 4.64. The lowest BCUT2D eigenvalue weighted by Gasteiger charge is -2.34. The molecule has 0 bridgehead atoms. The van der Waals surface area contributed by atoms with Crippen LogP contribution in [0.4, 0.5) is 10.1 Å². The fourth-order valence-electron chi connectivity index (χ4n) is 3.00. The van der Waals surface area contributed by atoms with Crippen LogP contribution in [0.1, 0.15) is 12.0 Å². The second-order valence-electron chi connectivity index (χ2n) is 6.44. The molecular formula is C19H22FN3O4S. The number of nitrogens with zero attached hydrogens (tertiary/aromatic N) is 2. The Labute approximate surface area is 163 Å². The smallest absolute Gasteiger partial charge is 0.282 e. The molecule has 1 saturated heterocycles. The number of hydrogen-bond acceptors (Lipinski definition) is 4. The minimum absolute atomic E-state index is 0.217. The first-order valence-electron chi connectivity index (χ1n) is 8.82. The Kier molecular flexibility index (Phi) is 6.28. The minimum Gasteiger partial charge on any atom is -0.497 e. The molecule has 3 rings (SSSR count). The molecule has 0 radical (unpaired) electrons. The van der Waals surface area contributed by atoms with E-state index < -0.39 is 21.9 Å². The summed E-state index contributed by atoms with van der Waals surface area (Å²) >= 11 is 0. The number of nitrogens with one attached hydrogen (secondary N) is 1. The van der Waals surface area contributed by atoms with Crippen molar-refractivity contribution in [1.82, 2.24) is 8.61 Å². The molecule has 0 aliphatic carbocycles. The molecule has 0 aromatic heterocycles. The first-order valence-corrected chi connectivity index (χ1v) is 10.2. The van der Waals surface area contributed by atoms with E-state index in [4.69, 9.17) is 4.74 Å². The quantitative estimate of drug-likeness (QED) is 0.797. The van der Waals surface area contributed by atoms with Crippen LogP contribution in [-0.2, 0) is 21.5 Å². The van der Waals surface area contributed by atoms with Gasteiger partial charge in [-0.1, -0.05) is 18.2 Å². The number of ether oxygens (including phenoxy) is 1. The third-order valence-corrected chi connectivity index (χ3v) is 6.34. The highest BCUT2D eigenvalue weighted by molar-refractivity contribution is 7.86. The van der Waals surface area contributed by atoms with Gasteiger partial charge in [0.2, 0.25) is 5.91 Å². The van der Waals surface area contributed by atoms with Gasteiger partial charge in [0.25, 0.3) is 10.2 Å². The van der Waals surface area contributed by atoms with Crippen LogP contribution in [0.2, 0.25) is 0 Å². The molecular weight excluding hydrogens is 385 g/mol. The van der Waals surface area contributed by atoms with Gasteiger partial charge in [0.1, 0.15) is 11.6 Å². The van der Waals surface area contributed by atoms with Crippen molar-refractivity contribution in [3.63, 3.8) is 0 Å². The Bertz CT molecular complexity index is 934. The van der Waals surface area contributed by atoms with Crippen molar-refractivity contribution in [3.8, 4) is 5.75 Å². The molecule has 1 fully saturated rings. The van der Waals surface area contributed by atoms with Gasteiger partial charge in [-0.15, -0.1) is 0 Å². The number of halogens is 1. The Hall–Kier alpha value is -2.49. The fraction of sp³-hybridized carbons (Fsp3) is 0.316. The summed E-state index contributed by atoms with van der Waals surface area (Å²) in [7, 11) is -2.21. The summed E-state index contributed by atoms with van der Waals surface area (Å²) in [5.74, 6) is -0.296. The molecule has 1 aliphatic rings. The van der Waals surface area contributed by atoms with Gasteiger partial charge in [0.05, 0.1) is 13.7 Å². The summed E-state index contributed by atoms with van der Waals surface area (Å²) in [4.78, 5) is 12.2. The van der Waals surface area contributed by atoms with Crippen LogP contribution in [0.25, 0.3) is 0 Å². The van der Waals surface area contributed by atoms with Gasteiger partial charge >= 0.3 is 0 Å². The summed E-state index contributed by atoms with van der Waals surface area (Å²) in [6.45, 7) is 0.542. The first kappa shape index (κ1) is 20.2. The van der Waals surface area contributed by atoms with Gasteiger partial charge in [-0.2, -0.15) is 17.0 Å².